The largest absolute Gasteiger partial charge is 0.459 e. The van der Waals surface area contributed by atoms with Crippen molar-refractivity contribution in [2.24, 2.45) is 0 Å². The smallest absolute Gasteiger partial charge is 0.341 e. The number of nitrogens with one attached hydrogen (secondary N) is 1. The Labute approximate surface area is 174 Å². The number of amides is 1. The molecule has 0 bridgehead atoms. The first kappa shape index (κ1) is 21.0. The summed E-state index contributed by atoms with van der Waals surface area (Å²) in [4.78, 5) is 38.2. The van der Waals surface area contributed by atoms with Crippen LogP contribution in [0.4, 0.5) is 5.00 Å². The van der Waals surface area contributed by atoms with E-state index >= 15 is 0 Å². The lowest BCUT2D eigenvalue weighted by Crippen LogP contribution is -2.22. The van der Waals surface area contributed by atoms with Crippen molar-refractivity contribution < 1.29 is 23.9 Å². The van der Waals surface area contributed by atoms with Gasteiger partial charge in [-0.25, -0.2) is 9.59 Å². The third-order valence-corrected chi connectivity index (χ3v) is 5.80. The van der Waals surface area contributed by atoms with E-state index in [1.165, 1.54) is 11.3 Å². The maximum Gasteiger partial charge on any atom is 0.341 e. The molecule has 1 aliphatic carbocycles. The normalized spacial score (nSPS) is 13.0. The van der Waals surface area contributed by atoms with Crippen LogP contribution in [0.2, 0.25) is 0 Å². The Kier molecular flexibility index (Phi) is 6.69. The molecule has 7 heteroatoms. The van der Waals surface area contributed by atoms with Crippen molar-refractivity contribution >= 4 is 34.2 Å². The van der Waals surface area contributed by atoms with Gasteiger partial charge in [-0.05, 0) is 64.2 Å². The minimum Gasteiger partial charge on any atom is -0.459 e. The highest BCUT2D eigenvalue weighted by atomic mass is 32.1. The first-order valence-electron chi connectivity index (χ1n) is 9.74. The molecule has 1 aromatic carbocycles. The number of rotatable bonds is 6. The molecule has 0 atom stereocenters. The van der Waals surface area contributed by atoms with E-state index in [0.29, 0.717) is 16.1 Å². The van der Waals surface area contributed by atoms with Crippen molar-refractivity contribution in [3.63, 3.8) is 0 Å². The number of thiophene rings is 1. The molecule has 154 valence electrons. The Hall–Kier alpha value is -2.67. The lowest BCUT2D eigenvalue weighted by Gasteiger charge is -2.14. The summed E-state index contributed by atoms with van der Waals surface area (Å²) in [6.45, 7) is 5.08. The molecule has 1 aromatic heterocycles. The topological polar surface area (TPSA) is 81.7 Å². The molecule has 6 nitrogen and oxygen atoms in total. The summed E-state index contributed by atoms with van der Waals surface area (Å²) >= 11 is 1.40. The molecule has 1 amide bonds. The van der Waals surface area contributed by atoms with Gasteiger partial charge >= 0.3 is 11.9 Å². The minimum absolute atomic E-state index is 0.249. The maximum absolute atomic E-state index is 12.6. The van der Waals surface area contributed by atoms with Gasteiger partial charge in [0, 0.05) is 4.88 Å². The summed E-state index contributed by atoms with van der Waals surface area (Å²) in [6.07, 6.45) is 3.51. The molecular weight excluding hydrogens is 390 g/mol. The number of carbonyl (C=O) groups excluding carboxylic acids is 3. The highest BCUT2D eigenvalue weighted by molar-refractivity contribution is 7.17. The number of fused-ring (bicyclic) bond motifs is 1. The third-order valence-electron chi connectivity index (χ3n) is 4.59. The maximum atomic E-state index is 12.6. The van der Waals surface area contributed by atoms with E-state index in [-0.39, 0.29) is 6.10 Å². The standard InChI is InChI=1S/C22H25NO5S/c1-13(2)28-22(26)19-16-6-4-5-7-17(16)29-20(19)23-18(24)12-27-21(25)15-10-8-14(3)9-11-15/h8-11,13H,4-7,12H2,1-3H3,(H,23,24). The number of carbonyl (C=O) groups is 3. The van der Waals surface area contributed by atoms with Gasteiger partial charge < -0.3 is 14.8 Å². The van der Waals surface area contributed by atoms with Crippen molar-refractivity contribution in [3.05, 3.63) is 51.4 Å². The van der Waals surface area contributed by atoms with Crippen molar-refractivity contribution in [2.45, 2.75) is 52.6 Å². The van der Waals surface area contributed by atoms with Gasteiger partial charge in [-0.1, -0.05) is 17.7 Å². The zero-order valence-corrected chi connectivity index (χ0v) is 17.7. The quantitative estimate of drug-likeness (QED) is 0.712. The van der Waals surface area contributed by atoms with E-state index in [0.717, 1.165) is 41.7 Å². The van der Waals surface area contributed by atoms with E-state index in [2.05, 4.69) is 5.32 Å². The SMILES string of the molecule is Cc1ccc(C(=O)OCC(=O)Nc2sc3c(c2C(=O)OC(C)C)CCCC3)cc1. The molecule has 2 aromatic rings. The molecule has 0 saturated carbocycles. The summed E-state index contributed by atoms with van der Waals surface area (Å²) in [5, 5.41) is 3.21. The fourth-order valence-corrected chi connectivity index (χ4v) is 4.50. The van der Waals surface area contributed by atoms with E-state index in [9.17, 15) is 14.4 Å². The lowest BCUT2D eigenvalue weighted by molar-refractivity contribution is -0.119. The number of ether oxygens (including phenoxy) is 2. The van der Waals surface area contributed by atoms with Crippen LogP contribution in [0.15, 0.2) is 24.3 Å². The molecule has 3 rings (SSSR count). The Morgan fingerprint density at radius 2 is 1.76 bits per heavy atom. The molecule has 0 unspecified atom stereocenters. The van der Waals surface area contributed by atoms with Crippen molar-refractivity contribution in [1.82, 2.24) is 0 Å². The summed E-state index contributed by atoms with van der Waals surface area (Å²) in [6, 6.07) is 6.92. The molecule has 1 aliphatic rings. The van der Waals surface area contributed by atoms with Gasteiger partial charge in [0.2, 0.25) is 0 Å². The van der Waals surface area contributed by atoms with Gasteiger partial charge in [0.25, 0.3) is 5.91 Å². The predicted molar refractivity (Wildman–Crippen MR) is 112 cm³/mol. The lowest BCUT2D eigenvalue weighted by atomic mass is 9.95. The first-order chi connectivity index (χ1) is 13.8. The van der Waals surface area contributed by atoms with Crippen LogP contribution in [0.5, 0.6) is 0 Å². The molecule has 0 spiro atoms. The Balaban J connectivity index is 1.69. The molecule has 29 heavy (non-hydrogen) atoms. The molecule has 0 radical (unpaired) electrons. The van der Waals surface area contributed by atoms with Crippen LogP contribution < -0.4 is 5.32 Å². The van der Waals surface area contributed by atoms with Crippen LogP contribution in [0.1, 0.15) is 63.4 Å². The van der Waals surface area contributed by atoms with E-state index in [4.69, 9.17) is 9.47 Å². The number of esters is 2. The second kappa shape index (κ2) is 9.22. The zero-order chi connectivity index (χ0) is 21.0. The number of hydrogen-bond acceptors (Lipinski definition) is 6. The number of hydrogen-bond donors (Lipinski definition) is 1. The summed E-state index contributed by atoms with van der Waals surface area (Å²) in [5.74, 6) is -1.47. The Bertz CT molecular complexity index is 914. The van der Waals surface area contributed by atoms with Crippen molar-refractivity contribution in [1.29, 1.82) is 0 Å². The van der Waals surface area contributed by atoms with Crippen molar-refractivity contribution in [3.8, 4) is 0 Å². The third kappa shape index (κ3) is 5.23. The molecule has 0 saturated heterocycles. The van der Waals surface area contributed by atoms with Gasteiger partial charge in [0.1, 0.15) is 5.00 Å². The fraction of sp³-hybridized carbons (Fsp3) is 0.409. The second-order valence-corrected chi connectivity index (χ2v) is 8.46. The second-order valence-electron chi connectivity index (χ2n) is 7.36. The molecule has 0 fully saturated rings. The monoisotopic (exact) mass is 415 g/mol. The van der Waals surface area contributed by atoms with Crippen LogP contribution >= 0.6 is 11.3 Å². The highest BCUT2D eigenvalue weighted by Gasteiger charge is 2.28. The average molecular weight is 416 g/mol. The number of aryl methyl sites for hydroxylation is 2. The average Bonchev–Trinajstić information content (AvgIpc) is 3.04. The summed E-state index contributed by atoms with van der Waals surface area (Å²) in [7, 11) is 0. The van der Waals surface area contributed by atoms with Gasteiger partial charge in [-0.2, -0.15) is 0 Å². The summed E-state index contributed by atoms with van der Waals surface area (Å²) in [5.41, 5.74) is 2.83. The van der Waals surface area contributed by atoms with Gasteiger partial charge in [-0.3, -0.25) is 4.79 Å². The molecule has 1 N–H and O–H groups in total. The van der Waals surface area contributed by atoms with Crippen LogP contribution in [-0.4, -0.2) is 30.6 Å². The Morgan fingerprint density at radius 3 is 2.45 bits per heavy atom. The van der Waals surface area contributed by atoms with Gasteiger partial charge in [0.15, 0.2) is 6.61 Å². The van der Waals surface area contributed by atoms with E-state index in [1.54, 1.807) is 38.1 Å². The highest BCUT2D eigenvalue weighted by Crippen LogP contribution is 2.38. The van der Waals surface area contributed by atoms with Crippen LogP contribution in [0.25, 0.3) is 0 Å². The molecule has 1 heterocycles. The van der Waals surface area contributed by atoms with Crippen LogP contribution in [-0.2, 0) is 27.1 Å². The first-order valence-corrected chi connectivity index (χ1v) is 10.6. The number of anilines is 1. The molecular formula is C22H25NO5S. The van der Waals surface area contributed by atoms with Gasteiger partial charge in [0.05, 0.1) is 17.2 Å². The van der Waals surface area contributed by atoms with Crippen molar-refractivity contribution in [2.75, 3.05) is 11.9 Å². The minimum atomic E-state index is -0.565. The summed E-state index contributed by atoms with van der Waals surface area (Å²) < 4.78 is 10.5. The van der Waals surface area contributed by atoms with Gasteiger partial charge in [-0.15, -0.1) is 11.3 Å². The predicted octanol–water partition coefficient (Wildman–Crippen LogP) is 4.30. The molecule has 0 aliphatic heterocycles. The van der Waals surface area contributed by atoms with Crippen LogP contribution in [0, 0.1) is 6.92 Å². The number of benzene rings is 1. The Morgan fingerprint density at radius 1 is 1.07 bits per heavy atom. The van der Waals surface area contributed by atoms with E-state index in [1.807, 2.05) is 6.92 Å². The zero-order valence-electron chi connectivity index (χ0n) is 16.9. The van der Waals surface area contributed by atoms with Crippen LogP contribution in [0.3, 0.4) is 0 Å². The fourth-order valence-electron chi connectivity index (χ4n) is 3.21. The van der Waals surface area contributed by atoms with E-state index < -0.39 is 24.5 Å².